The van der Waals surface area contributed by atoms with Crippen molar-refractivity contribution in [3.05, 3.63) is 0 Å². The Hall–Kier alpha value is -0.240. The lowest BCUT2D eigenvalue weighted by Crippen LogP contribution is -2.39. The minimum Gasteiger partial charge on any atom is -0.341 e. The van der Waals surface area contributed by atoms with Crippen molar-refractivity contribution < 1.29 is 4.79 Å². The predicted octanol–water partition coefficient (Wildman–Crippen LogP) is 1.63. The van der Waals surface area contributed by atoms with E-state index in [1.54, 1.807) is 6.92 Å². The van der Waals surface area contributed by atoms with Gasteiger partial charge in [0, 0.05) is 13.1 Å². The second-order valence-corrected chi connectivity index (χ2v) is 3.66. The third kappa shape index (κ3) is 2.37. The maximum atomic E-state index is 11.3. The van der Waals surface area contributed by atoms with Gasteiger partial charge in [0.25, 0.3) is 0 Å². The van der Waals surface area contributed by atoms with Gasteiger partial charge in [-0.2, -0.15) is 0 Å². The van der Waals surface area contributed by atoms with Crippen LogP contribution in [-0.4, -0.2) is 29.3 Å². The molecule has 2 nitrogen and oxygen atoms in total. The number of carbonyl (C=O) groups excluding carboxylic acids is 1. The zero-order valence-corrected chi connectivity index (χ0v) is 7.60. The summed E-state index contributed by atoms with van der Waals surface area (Å²) in [6.45, 7) is 3.53. The highest BCUT2D eigenvalue weighted by molar-refractivity contribution is 6.30. The van der Waals surface area contributed by atoms with Crippen LogP contribution in [-0.2, 0) is 4.79 Å². The van der Waals surface area contributed by atoms with Crippen molar-refractivity contribution in [1.29, 1.82) is 0 Å². The molecule has 0 aromatic rings. The number of hydrogen-bond acceptors (Lipinski definition) is 1. The molecule has 0 N–H and O–H groups in total. The van der Waals surface area contributed by atoms with Crippen LogP contribution < -0.4 is 0 Å². The van der Waals surface area contributed by atoms with E-state index in [1.807, 2.05) is 4.90 Å². The van der Waals surface area contributed by atoms with Crippen LogP contribution in [0.3, 0.4) is 0 Å². The number of halogens is 1. The molecule has 1 saturated heterocycles. The van der Waals surface area contributed by atoms with Gasteiger partial charge >= 0.3 is 0 Å². The van der Waals surface area contributed by atoms with E-state index >= 15 is 0 Å². The number of amides is 1. The summed E-state index contributed by atoms with van der Waals surface area (Å²) < 4.78 is 0. The molecule has 11 heavy (non-hydrogen) atoms. The summed E-state index contributed by atoms with van der Waals surface area (Å²) in [6, 6.07) is 0. The van der Waals surface area contributed by atoms with E-state index in [-0.39, 0.29) is 11.3 Å². The molecule has 64 valence electrons. The Morgan fingerprint density at radius 2 is 1.91 bits per heavy atom. The summed E-state index contributed by atoms with van der Waals surface area (Å²) in [5.74, 6) is 0.0892. The van der Waals surface area contributed by atoms with Crippen LogP contribution in [0.2, 0.25) is 0 Å². The SMILES string of the molecule is C[C@@H](Cl)C(=O)N1CCCCC1. The van der Waals surface area contributed by atoms with E-state index in [2.05, 4.69) is 0 Å². The van der Waals surface area contributed by atoms with Crippen molar-refractivity contribution in [2.45, 2.75) is 31.6 Å². The predicted molar refractivity (Wildman–Crippen MR) is 45.7 cm³/mol. The van der Waals surface area contributed by atoms with Gasteiger partial charge in [0.15, 0.2) is 0 Å². The highest BCUT2D eigenvalue weighted by Crippen LogP contribution is 2.11. The van der Waals surface area contributed by atoms with E-state index < -0.39 is 0 Å². The van der Waals surface area contributed by atoms with Gasteiger partial charge < -0.3 is 4.90 Å². The fourth-order valence-electron chi connectivity index (χ4n) is 1.37. The molecule has 0 unspecified atom stereocenters. The Labute approximate surface area is 72.5 Å². The normalized spacial score (nSPS) is 21.5. The van der Waals surface area contributed by atoms with Crippen molar-refractivity contribution in [1.82, 2.24) is 4.90 Å². The Balaban J connectivity index is 2.39. The first-order valence-electron chi connectivity index (χ1n) is 4.14. The first-order chi connectivity index (χ1) is 5.22. The van der Waals surface area contributed by atoms with E-state index in [1.165, 1.54) is 6.42 Å². The molecule has 0 aromatic carbocycles. The third-order valence-corrected chi connectivity index (χ3v) is 2.19. The smallest absolute Gasteiger partial charge is 0.240 e. The molecule has 1 aliphatic heterocycles. The standard InChI is InChI=1S/C8H14ClNO/c1-7(9)8(11)10-5-3-2-4-6-10/h7H,2-6H2,1H3/t7-/m1/s1. The fraction of sp³-hybridized carbons (Fsp3) is 0.875. The number of hydrogen-bond donors (Lipinski definition) is 0. The fourth-order valence-corrected chi connectivity index (χ4v) is 1.50. The number of rotatable bonds is 1. The van der Waals surface area contributed by atoms with E-state index in [0.717, 1.165) is 25.9 Å². The van der Waals surface area contributed by atoms with Gasteiger partial charge in [0.1, 0.15) is 5.38 Å². The van der Waals surface area contributed by atoms with Crippen LogP contribution in [0.25, 0.3) is 0 Å². The van der Waals surface area contributed by atoms with Gasteiger partial charge in [-0.05, 0) is 26.2 Å². The molecule has 1 heterocycles. The Morgan fingerprint density at radius 3 is 2.36 bits per heavy atom. The quantitative estimate of drug-likeness (QED) is 0.555. The van der Waals surface area contributed by atoms with Crippen molar-refractivity contribution >= 4 is 17.5 Å². The summed E-state index contributed by atoms with van der Waals surface area (Å²) in [5.41, 5.74) is 0. The molecule has 0 aromatic heterocycles. The molecule has 0 bridgehead atoms. The minimum absolute atomic E-state index is 0.0892. The number of likely N-dealkylation sites (tertiary alicyclic amines) is 1. The summed E-state index contributed by atoms with van der Waals surface area (Å²) in [7, 11) is 0. The maximum absolute atomic E-state index is 11.3. The van der Waals surface area contributed by atoms with Crippen molar-refractivity contribution in [2.75, 3.05) is 13.1 Å². The zero-order chi connectivity index (χ0) is 8.27. The summed E-state index contributed by atoms with van der Waals surface area (Å²) in [5, 5.41) is -0.354. The van der Waals surface area contributed by atoms with Gasteiger partial charge in [-0.3, -0.25) is 4.79 Å². The molecule has 1 aliphatic rings. The summed E-state index contributed by atoms with van der Waals surface area (Å²) >= 11 is 5.67. The average molecular weight is 176 g/mol. The molecule has 1 atom stereocenters. The Kier molecular flexibility index (Phi) is 3.18. The zero-order valence-electron chi connectivity index (χ0n) is 6.85. The monoisotopic (exact) mass is 175 g/mol. The molecular formula is C8H14ClNO. The Morgan fingerprint density at radius 1 is 1.36 bits per heavy atom. The van der Waals surface area contributed by atoms with E-state index in [0.29, 0.717) is 0 Å². The van der Waals surface area contributed by atoms with Crippen LogP contribution >= 0.6 is 11.6 Å². The minimum atomic E-state index is -0.354. The molecule has 1 rings (SSSR count). The Bertz CT molecular complexity index is 141. The highest BCUT2D eigenvalue weighted by atomic mass is 35.5. The second kappa shape index (κ2) is 3.96. The van der Waals surface area contributed by atoms with Gasteiger partial charge in [0.2, 0.25) is 5.91 Å². The number of alkyl halides is 1. The van der Waals surface area contributed by atoms with Crippen molar-refractivity contribution in [3.8, 4) is 0 Å². The number of carbonyl (C=O) groups is 1. The molecule has 3 heteroatoms. The largest absolute Gasteiger partial charge is 0.341 e. The highest BCUT2D eigenvalue weighted by Gasteiger charge is 2.19. The first-order valence-corrected chi connectivity index (χ1v) is 4.58. The van der Waals surface area contributed by atoms with Crippen LogP contribution in [0.15, 0.2) is 0 Å². The average Bonchev–Trinajstić information content (AvgIpc) is 2.05. The van der Waals surface area contributed by atoms with Gasteiger partial charge in [0.05, 0.1) is 0 Å². The summed E-state index contributed by atoms with van der Waals surface area (Å²) in [4.78, 5) is 13.2. The molecule has 1 fully saturated rings. The third-order valence-electron chi connectivity index (χ3n) is 2.01. The number of piperidine rings is 1. The van der Waals surface area contributed by atoms with Crippen LogP contribution in [0.5, 0.6) is 0 Å². The van der Waals surface area contributed by atoms with Gasteiger partial charge in [-0.15, -0.1) is 11.6 Å². The van der Waals surface area contributed by atoms with Crippen molar-refractivity contribution in [3.63, 3.8) is 0 Å². The molecule has 1 amide bonds. The van der Waals surface area contributed by atoms with Gasteiger partial charge in [-0.1, -0.05) is 0 Å². The van der Waals surface area contributed by atoms with Crippen LogP contribution in [0.1, 0.15) is 26.2 Å². The molecule has 0 spiro atoms. The van der Waals surface area contributed by atoms with Gasteiger partial charge in [-0.25, -0.2) is 0 Å². The lowest BCUT2D eigenvalue weighted by Gasteiger charge is -2.27. The molecule has 0 aliphatic carbocycles. The second-order valence-electron chi connectivity index (χ2n) is 3.00. The van der Waals surface area contributed by atoms with E-state index in [4.69, 9.17) is 11.6 Å². The maximum Gasteiger partial charge on any atom is 0.240 e. The summed E-state index contributed by atoms with van der Waals surface area (Å²) in [6.07, 6.45) is 3.52. The van der Waals surface area contributed by atoms with E-state index in [9.17, 15) is 4.79 Å². The topological polar surface area (TPSA) is 20.3 Å². The molecule has 0 radical (unpaired) electrons. The number of nitrogens with zero attached hydrogens (tertiary/aromatic N) is 1. The van der Waals surface area contributed by atoms with Crippen LogP contribution in [0.4, 0.5) is 0 Å². The molecular weight excluding hydrogens is 162 g/mol. The lowest BCUT2D eigenvalue weighted by molar-refractivity contribution is -0.131. The first kappa shape index (κ1) is 8.85. The lowest BCUT2D eigenvalue weighted by atomic mass is 10.1. The molecule has 0 saturated carbocycles. The van der Waals surface area contributed by atoms with Crippen molar-refractivity contribution in [2.24, 2.45) is 0 Å². The van der Waals surface area contributed by atoms with Crippen LogP contribution in [0, 0.1) is 0 Å².